The summed E-state index contributed by atoms with van der Waals surface area (Å²) in [5.74, 6) is 1.65. The summed E-state index contributed by atoms with van der Waals surface area (Å²) in [5, 5.41) is 0. The molecule has 0 spiro atoms. The van der Waals surface area contributed by atoms with Gasteiger partial charge in [0.25, 0.3) is 0 Å². The van der Waals surface area contributed by atoms with E-state index in [0.29, 0.717) is 5.41 Å². The van der Waals surface area contributed by atoms with E-state index < -0.39 is 0 Å². The van der Waals surface area contributed by atoms with E-state index in [1.54, 1.807) is 16.7 Å². The van der Waals surface area contributed by atoms with Gasteiger partial charge in [-0.05, 0) is 69.5 Å². The van der Waals surface area contributed by atoms with Crippen LogP contribution in [0.15, 0.2) is 36.4 Å². The molecule has 1 fully saturated rings. The zero-order valence-corrected chi connectivity index (χ0v) is 15.4. The lowest BCUT2D eigenvalue weighted by atomic mass is 9.70. The highest BCUT2D eigenvalue weighted by Gasteiger charge is 2.48. The minimum Gasteiger partial charge on any atom is -0.0619 e. The van der Waals surface area contributed by atoms with Crippen molar-refractivity contribution < 1.29 is 0 Å². The van der Waals surface area contributed by atoms with Crippen molar-refractivity contribution >= 4 is 0 Å². The number of hydrogen-bond acceptors (Lipinski definition) is 0. The highest BCUT2D eigenvalue weighted by molar-refractivity contribution is 5.82. The van der Waals surface area contributed by atoms with Crippen molar-refractivity contribution in [3.8, 4) is 11.1 Å². The van der Waals surface area contributed by atoms with Gasteiger partial charge in [0.2, 0.25) is 0 Å². The van der Waals surface area contributed by atoms with Gasteiger partial charge < -0.3 is 0 Å². The predicted octanol–water partition coefficient (Wildman–Crippen LogP) is 6.56. The third-order valence-electron chi connectivity index (χ3n) is 7.54. The number of benzene rings is 2. The van der Waals surface area contributed by atoms with Crippen molar-refractivity contribution in [2.75, 3.05) is 0 Å². The Morgan fingerprint density at radius 2 is 1.54 bits per heavy atom. The average Bonchev–Trinajstić information content (AvgIpc) is 2.95. The van der Waals surface area contributed by atoms with Crippen molar-refractivity contribution in [2.45, 2.75) is 70.1 Å². The summed E-state index contributed by atoms with van der Waals surface area (Å²) < 4.78 is 0. The molecule has 0 bridgehead atoms. The summed E-state index contributed by atoms with van der Waals surface area (Å²) in [6.45, 7) is 9.81. The average molecular weight is 316 g/mol. The first-order chi connectivity index (χ1) is 11.4. The van der Waals surface area contributed by atoms with Crippen molar-refractivity contribution in [3.05, 3.63) is 58.7 Å². The van der Waals surface area contributed by atoms with Crippen LogP contribution in [0.2, 0.25) is 0 Å². The zero-order chi connectivity index (χ0) is 16.7. The van der Waals surface area contributed by atoms with Gasteiger partial charge in [0.05, 0.1) is 0 Å². The fourth-order valence-corrected chi connectivity index (χ4v) is 6.20. The maximum atomic E-state index is 2.61. The molecule has 0 N–H and O–H groups in total. The Labute approximate surface area is 146 Å². The van der Waals surface area contributed by atoms with E-state index in [0.717, 1.165) is 11.8 Å². The van der Waals surface area contributed by atoms with E-state index >= 15 is 0 Å². The van der Waals surface area contributed by atoms with Gasteiger partial charge in [-0.1, -0.05) is 70.9 Å². The lowest BCUT2D eigenvalue weighted by Gasteiger charge is -2.34. The van der Waals surface area contributed by atoms with E-state index in [2.05, 4.69) is 64.1 Å². The van der Waals surface area contributed by atoms with Crippen LogP contribution >= 0.6 is 0 Å². The van der Waals surface area contributed by atoms with E-state index in [-0.39, 0.29) is 5.41 Å². The van der Waals surface area contributed by atoms with E-state index in [9.17, 15) is 0 Å². The molecular formula is C24H28. The largest absolute Gasteiger partial charge is 0.0619 e. The molecule has 1 saturated carbocycles. The predicted molar refractivity (Wildman–Crippen MR) is 102 cm³/mol. The second-order valence-electron chi connectivity index (χ2n) is 9.37. The van der Waals surface area contributed by atoms with Crippen molar-refractivity contribution in [3.63, 3.8) is 0 Å². The molecule has 124 valence electrons. The first kappa shape index (κ1) is 14.8. The van der Waals surface area contributed by atoms with E-state index in [4.69, 9.17) is 0 Å². The summed E-state index contributed by atoms with van der Waals surface area (Å²) in [5.41, 5.74) is 9.82. The Balaban J connectivity index is 1.78. The summed E-state index contributed by atoms with van der Waals surface area (Å²) >= 11 is 0. The highest BCUT2D eigenvalue weighted by Crippen LogP contribution is 2.59. The summed E-state index contributed by atoms with van der Waals surface area (Å²) in [6, 6.07) is 14.2. The molecular weight excluding hydrogens is 288 g/mol. The maximum Gasteiger partial charge on any atom is 0.0158 e. The lowest BCUT2D eigenvalue weighted by Crippen LogP contribution is -2.28. The Morgan fingerprint density at radius 1 is 0.792 bits per heavy atom. The van der Waals surface area contributed by atoms with Crippen molar-refractivity contribution in [1.29, 1.82) is 0 Å². The number of rotatable bonds is 0. The van der Waals surface area contributed by atoms with Crippen molar-refractivity contribution in [2.24, 2.45) is 5.92 Å². The van der Waals surface area contributed by atoms with Crippen LogP contribution in [0.1, 0.15) is 81.5 Å². The first-order valence-electron chi connectivity index (χ1n) is 9.71. The molecule has 0 saturated heterocycles. The Hall–Kier alpha value is -1.56. The molecule has 2 unspecified atom stereocenters. The van der Waals surface area contributed by atoms with Crippen LogP contribution in [0.3, 0.4) is 0 Å². The van der Waals surface area contributed by atoms with Crippen LogP contribution in [0.5, 0.6) is 0 Å². The van der Waals surface area contributed by atoms with E-state index in [1.807, 2.05) is 0 Å². The molecule has 3 aliphatic carbocycles. The number of fused-ring (bicyclic) bond motifs is 6. The van der Waals surface area contributed by atoms with Gasteiger partial charge in [0, 0.05) is 5.41 Å². The summed E-state index contributed by atoms with van der Waals surface area (Å²) in [4.78, 5) is 0. The van der Waals surface area contributed by atoms with Crippen LogP contribution in [-0.2, 0) is 10.8 Å². The molecule has 0 radical (unpaired) electrons. The maximum absolute atomic E-state index is 2.61. The standard InChI is InChI=1S/C24H28/c1-23(2)19-11-7-5-9-15(19)17-14-22-18(13-21(17)23)16-10-6-8-12-20(16)24(22,3)4/h5,7,9,11,13-14,16,20H,6,8,10,12H2,1-4H3. The van der Waals surface area contributed by atoms with Crippen LogP contribution in [0.25, 0.3) is 11.1 Å². The fraction of sp³-hybridized carbons (Fsp3) is 0.500. The second kappa shape index (κ2) is 4.54. The molecule has 2 aromatic carbocycles. The van der Waals surface area contributed by atoms with Crippen molar-refractivity contribution in [1.82, 2.24) is 0 Å². The van der Waals surface area contributed by atoms with Crippen LogP contribution in [0.4, 0.5) is 0 Å². The van der Waals surface area contributed by atoms with Crippen LogP contribution in [-0.4, -0.2) is 0 Å². The molecule has 0 amide bonds. The van der Waals surface area contributed by atoms with Gasteiger partial charge in [-0.3, -0.25) is 0 Å². The summed E-state index contributed by atoms with van der Waals surface area (Å²) in [6.07, 6.45) is 5.65. The molecule has 2 atom stereocenters. The number of hydrogen-bond donors (Lipinski definition) is 0. The molecule has 0 heteroatoms. The van der Waals surface area contributed by atoms with Gasteiger partial charge in [0.15, 0.2) is 0 Å². The molecule has 0 nitrogen and oxygen atoms in total. The Kier molecular flexibility index (Phi) is 2.79. The van der Waals surface area contributed by atoms with Crippen LogP contribution in [0, 0.1) is 5.92 Å². The molecule has 5 rings (SSSR count). The molecule has 24 heavy (non-hydrogen) atoms. The molecule has 0 aromatic heterocycles. The highest BCUT2D eigenvalue weighted by atomic mass is 14.5. The third kappa shape index (κ3) is 1.65. The quantitative estimate of drug-likeness (QED) is 0.516. The van der Waals surface area contributed by atoms with Gasteiger partial charge in [0.1, 0.15) is 0 Å². The third-order valence-corrected chi connectivity index (χ3v) is 7.54. The molecule has 0 aliphatic heterocycles. The Morgan fingerprint density at radius 3 is 2.38 bits per heavy atom. The zero-order valence-electron chi connectivity index (χ0n) is 15.4. The van der Waals surface area contributed by atoms with Gasteiger partial charge >= 0.3 is 0 Å². The lowest BCUT2D eigenvalue weighted by molar-refractivity contribution is 0.233. The topological polar surface area (TPSA) is 0 Å². The van der Waals surface area contributed by atoms with Gasteiger partial charge in [-0.15, -0.1) is 0 Å². The fourth-order valence-electron chi connectivity index (χ4n) is 6.20. The first-order valence-corrected chi connectivity index (χ1v) is 9.71. The van der Waals surface area contributed by atoms with Gasteiger partial charge in [-0.2, -0.15) is 0 Å². The Bertz CT molecular complexity index is 837. The molecule has 3 aliphatic rings. The normalized spacial score (nSPS) is 28.0. The monoisotopic (exact) mass is 316 g/mol. The smallest absolute Gasteiger partial charge is 0.0158 e. The SMILES string of the molecule is CC1(C)c2ccccc2-c2cc3c(cc21)C1CCCCC1C3(C)C. The molecule has 0 heterocycles. The minimum absolute atomic E-state index is 0.137. The minimum atomic E-state index is 0.137. The molecule has 2 aromatic rings. The summed E-state index contributed by atoms with van der Waals surface area (Å²) in [7, 11) is 0. The second-order valence-corrected chi connectivity index (χ2v) is 9.37. The van der Waals surface area contributed by atoms with E-state index in [1.165, 1.54) is 42.4 Å². The van der Waals surface area contributed by atoms with Crippen LogP contribution < -0.4 is 0 Å². The van der Waals surface area contributed by atoms with Gasteiger partial charge in [-0.25, -0.2) is 0 Å².